The number of hydrogen-bond acceptors (Lipinski definition) is 5. The van der Waals surface area contributed by atoms with E-state index < -0.39 is 11.8 Å². The van der Waals surface area contributed by atoms with Gasteiger partial charge in [-0.05, 0) is 36.4 Å². The van der Waals surface area contributed by atoms with Gasteiger partial charge < -0.3 is 19.9 Å². The van der Waals surface area contributed by atoms with Gasteiger partial charge in [0, 0.05) is 38.1 Å². The molecule has 0 radical (unpaired) electrons. The van der Waals surface area contributed by atoms with Gasteiger partial charge in [-0.1, -0.05) is 6.07 Å². The summed E-state index contributed by atoms with van der Waals surface area (Å²) in [5, 5.41) is 2.62. The minimum Gasteiger partial charge on any atom is -0.497 e. The van der Waals surface area contributed by atoms with E-state index in [0.717, 1.165) is 5.82 Å². The van der Waals surface area contributed by atoms with E-state index in [1.165, 1.54) is 0 Å². The molecule has 1 fully saturated rings. The highest BCUT2D eigenvalue weighted by atomic mass is 16.5. The Morgan fingerprint density at radius 2 is 1.76 bits per heavy atom. The van der Waals surface area contributed by atoms with Crippen LogP contribution >= 0.6 is 0 Å². The fourth-order valence-electron chi connectivity index (χ4n) is 2.68. The zero-order chi connectivity index (χ0) is 17.6. The molecular formula is C18H20N4O3. The number of methoxy groups -OCH3 is 1. The van der Waals surface area contributed by atoms with Crippen molar-refractivity contribution in [2.45, 2.75) is 0 Å². The summed E-state index contributed by atoms with van der Waals surface area (Å²) in [4.78, 5) is 32.5. The van der Waals surface area contributed by atoms with E-state index in [4.69, 9.17) is 4.74 Å². The van der Waals surface area contributed by atoms with Crippen molar-refractivity contribution < 1.29 is 14.3 Å². The van der Waals surface area contributed by atoms with Crippen LogP contribution in [0, 0.1) is 0 Å². The lowest BCUT2D eigenvalue weighted by Gasteiger charge is -2.34. The van der Waals surface area contributed by atoms with Crippen LogP contribution < -0.4 is 15.0 Å². The fraction of sp³-hybridized carbons (Fsp3) is 0.278. The van der Waals surface area contributed by atoms with Crippen LogP contribution in [0.25, 0.3) is 0 Å². The van der Waals surface area contributed by atoms with Crippen molar-refractivity contribution in [2.75, 3.05) is 43.5 Å². The van der Waals surface area contributed by atoms with Crippen molar-refractivity contribution in [1.82, 2.24) is 9.88 Å². The van der Waals surface area contributed by atoms with Gasteiger partial charge in [0.15, 0.2) is 0 Å². The molecule has 0 saturated carbocycles. The zero-order valence-corrected chi connectivity index (χ0v) is 14.0. The highest BCUT2D eigenvalue weighted by Crippen LogP contribution is 2.16. The van der Waals surface area contributed by atoms with Crippen LogP contribution in [0.5, 0.6) is 5.75 Å². The minimum absolute atomic E-state index is 0.492. The second-order valence-electron chi connectivity index (χ2n) is 5.65. The number of carbonyl (C=O) groups is 2. The first-order valence-electron chi connectivity index (χ1n) is 8.07. The van der Waals surface area contributed by atoms with Crippen molar-refractivity contribution in [2.24, 2.45) is 0 Å². The molecule has 2 aromatic rings. The van der Waals surface area contributed by atoms with Gasteiger partial charge in [-0.15, -0.1) is 0 Å². The summed E-state index contributed by atoms with van der Waals surface area (Å²) in [6.45, 7) is 2.29. The quantitative estimate of drug-likeness (QED) is 0.855. The number of rotatable bonds is 3. The van der Waals surface area contributed by atoms with Crippen LogP contribution in [0.2, 0.25) is 0 Å². The van der Waals surface area contributed by atoms with Gasteiger partial charge in [-0.3, -0.25) is 9.59 Å². The molecule has 0 bridgehead atoms. The first kappa shape index (κ1) is 16.8. The predicted octanol–water partition coefficient (Wildman–Crippen LogP) is 1.38. The van der Waals surface area contributed by atoms with Crippen molar-refractivity contribution in [1.29, 1.82) is 0 Å². The highest BCUT2D eigenvalue weighted by Gasteiger charge is 2.26. The fourth-order valence-corrected chi connectivity index (χ4v) is 2.68. The number of pyridine rings is 1. The molecule has 1 aromatic carbocycles. The van der Waals surface area contributed by atoms with Gasteiger partial charge in [0.25, 0.3) is 0 Å². The lowest BCUT2D eigenvalue weighted by Crippen LogP contribution is -2.51. The standard InChI is InChI=1S/C18H20N4O3/c1-25-15-7-5-14(6-8-15)20-17(23)18(24)22-12-10-21(11-13-22)16-4-2-3-9-19-16/h2-9H,10-13H2,1H3,(H,20,23). The lowest BCUT2D eigenvalue weighted by atomic mass is 10.2. The predicted molar refractivity (Wildman–Crippen MR) is 94.7 cm³/mol. The van der Waals surface area contributed by atoms with Gasteiger partial charge in [-0.2, -0.15) is 0 Å². The summed E-state index contributed by atoms with van der Waals surface area (Å²) in [5.74, 6) is 0.431. The molecule has 7 nitrogen and oxygen atoms in total. The van der Waals surface area contributed by atoms with Gasteiger partial charge in [0.1, 0.15) is 11.6 Å². The minimum atomic E-state index is -0.628. The maximum absolute atomic E-state index is 12.3. The molecule has 1 aromatic heterocycles. The SMILES string of the molecule is COc1ccc(NC(=O)C(=O)N2CCN(c3ccccn3)CC2)cc1. The topological polar surface area (TPSA) is 74.8 Å². The average Bonchev–Trinajstić information content (AvgIpc) is 2.69. The third-order valence-electron chi connectivity index (χ3n) is 4.08. The Morgan fingerprint density at radius 1 is 1.04 bits per heavy atom. The number of benzene rings is 1. The molecule has 1 saturated heterocycles. The van der Waals surface area contributed by atoms with Crippen LogP contribution in [0.15, 0.2) is 48.7 Å². The largest absolute Gasteiger partial charge is 0.497 e. The summed E-state index contributed by atoms with van der Waals surface area (Å²) in [7, 11) is 1.57. The summed E-state index contributed by atoms with van der Waals surface area (Å²) in [5.41, 5.74) is 0.561. The molecule has 1 aliphatic rings. The highest BCUT2D eigenvalue weighted by molar-refractivity contribution is 6.39. The monoisotopic (exact) mass is 340 g/mol. The molecule has 2 heterocycles. The normalized spacial score (nSPS) is 14.1. The number of nitrogens with one attached hydrogen (secondary N) is 1. The van der Waals surface area contributed by atoms with Crippen molar-refractivity contribution in [3.05, 3.63) is 48.7 Å². The zero-order valence-electron chi connectivity index (χ0n) is 14.0. The molecular weight excluding hydrogens is 320 g/mol. The van der Waals surface area contributed by atoms with Crippen LogP contribution in [0.1, 0.15) is 0 Å². The number of ether oxygens (including phenoxy) is 1. The molecule has 2 amide bonds. The van der Waals surface area contributed by atoms with Crippen molar-refractivity contribution in [3.63, 3.8) is 0 Å². The second-order valence-corrected chi connectivity index (χ2v) is 5.65. The molecule has 1 aliphatic heterocycles. The van der Waals surface area contributed by atoms with Crippen molar-refractivity contribution in [3.8, 4) is 5.75 Å². The van der Waals surface area contributed by atoms with Crippen LogP contribution in [-0.2, 0) is 9.59 Å². The molecule has 1 N–H and O–H groups in total. The first-order valence-corrected chi connectivity index (χ1v) is 8.07. The number of nitrogens with zero attached hydrogens (tertiary/aromatic N) is 3. The van der Waals surface area contributed by atoms with Crippen molar-refractivity contribution >= 4 is 23.3 Å². The van der Waals surface area contributed by atoms with E-state index in [1.54, 1.807) is 42.5 Å². The summed E-state index contributed by atoms with van der Waals surface area (Å²) in [6.07, 6.45) is 1.75. The Bertz CT molecular complexity index is 726. The molecule has 3 rings (SSSR count). The van der Waals surface area contributed by atoms with Gasteiger partial charge in [-0.25, -0.2) is 4.98 Å². The summed E-state index contributed by atoms with van der Waals surface area (Å²) < 4.78 is 5.07. The molecule has 0 atom stereocenters. The van der Waals surface area contributed by atoms with E-state index in [0.29, 0.717) is 37.6 Å². The van der Waals surface area contributed by atoms with Crippen LogP contribution in [0.3, 0.4) is 0 Å². The third-order valence-corrected chi connectivity index (χ3v) is 4.08. The summed E-state index contributed by atoms with van der Waals surface area (Å²) in [6, 6.07) is 12.6. The Hall–Kier alpha value is -3.09. The van der Waals surface area contributed by atoms with Gasteiger partial charge >= 0.3 is 11.8 Å². The Morgan fingerprint density at radius 3 is 2.36 bits per heavy atom. The molecule has 0 unspecified atom stereocenters. The van der Waals surface area contributed by atoms with E-state index in [2.05, 4.69) is 15.2 Å². The van der Waals surface area contributed by atoms with E-state index >= 15 is 0 Å². The van der Waals surface area contributed by atoms with E-state index in [9.17, 15) is 9.59 Å². The first-order chi connectivity index (χ1) is 12.2. The molecule has 25 heavy (non-hydrogen) atoms. The van der Waals surface area contributed by atoms with E-state index in [1.807, 2.05) is 18.2 Å². The van der Waals surface area contributed by atoms with Gasteiger partial charge in [0.2, 0.25) is 0 Å². The maximum Gasteiger partial charge on any atom is 0.313 e. The number of piperazine rings is 1. The lowest BCUT2D eigenvalue weighted by molar-refractivity contribution is -0.143. The second kappa shape index (κ2) is 7.65. The molecule has 0 spiro atoms. The van der Waals surface area contributed by atoms with Crippen LogP contribution in [0.4, 0.5) is 11.5 Å². The Balaban J connectivity index is 1.53. The van der Waals surface area contributed by atoms with Crippen LogP contribution in [-0.4, -0.2) is 55.0 Å². The average molecular weight is 340 g/mol. The molecule has 7 heteroatoms. The third kappa shape index (κ3) is 4.06. The molecule has 0 aliphatic carbocycles. The number of anilines is 2. The Labute approximate surface area is 146 Å². The number of hydrogen-bond donors (Lipinski definition) is 1. The maximum atomic E-state index is 12.3. The molecule has 130 valence electrons. The number of amides is 2. The Kier molecular flexibility index (Phi) is 5.13. The van der Waals surface area contributed by atoms with E-state index in [-0.39, 0.29) is 0 Å². The van der Waals surface area contributed by atoms with Gasteiger partial charge in [0.05, 0.1) is 7.11 Å². The number of carbonyl (C=O) groups excluding carboxylic acids is 2. The number of aromatic nitrogens is 1. The smallest absolute Gasteiger partial charge is 0.313 e. The summed E-state index contributed by atoms with van der Waals surface area (Å²) >= 11 is 0.